The minimum Gasteiger partial charge on any atom is -0.308 e. The van der Waals surface area contributed by atoms with Crippen molar-refractivity contribution in [2.24, 2.45) is 0 Å². The molecule has 4 rings (SSSR count). The van der Waals surface area contributed by atoms with Crippen molar-refractivity contribution in [3.05, 3.63) is 82.7 Å². The van der Waals surface area contributed by atoms with Gasteiger partial charge >= 0.3 is 6.03 Å². The first-order valence-electron chi connectivity index (χ1n) is 10.8. The number of nitrogens with zero attached hydrogens (tertiary/aromatic N) is 2. The van der Waals surface area contributed by atoms with Crippen LogP contribution in [-0.4, -0.2) is 21.8 Å². The maximum atomic E-state index is 12.7. The van der Waals surface area contributed by atoms with Crippen LogP contribution >= 0.6 is 0 Å². The summed E-state index contributed by atoms with van der Waals surface area (Å²) in [7, 11) is 0. The summed E-state index contributed by atoms with van der Waals surface area (Å²) in [5, 5.41) is 5.43. The van der Waals surface area contributed by atoms with Crippen LogP contribution in [0.3, 0.4) is 0 Å². The molecule has 2 amide bonds. The number of urea groups is 1. The zero-order valence-electron chi connectivity index (χ0n) is 18.9. The fraction of sp³-hybridized carbons (Fsp3) is 0.308. The molecule has 3 aromatic rings. The number of hydrogen-bond acceptors (Lipinski definition) is 4. The van der Waals surface area contributed by atoms with E-state index < -0.39 is 6.03 Å². The van der Waals surface area contributed by atoms with Crippen LogP contribution in [0.15, 0.2) is 54.7 Å². The molecule has 0 fully saturated rings. The van der Waals surface area contributed by atoms with Crippen molar-refractivity contribution in [3.63, 3.8) is 0 Å². The number of ketones is 1. The summed E-state index contributed by atoms with van der Waals surface area (Å²) in [6.45, 7) is 8.53. The van der Waals surface area contributed by atoms with Gasteiger partial charge in [0.25, 0.3) is 0 Å². The number of amides is 2. The van der Waals surface area contributed by atoms with Crippen molar-refractivity contribution in [2.45, 2.75) is 51.9 Å². The normalized spacial score (nSPS) is 15.8. The van der Waals surface area contributed by atoms with E-state index in [4.69, 9.17) is 0 Å². The third-order valence-corrected chi connectivity index (χ3v) is 5.82. The van der Waals surface area contributed by atoms with Crippen LogP contribution in [0, 0.1) is 6.92 Å². The summed E-state index contributed by atoms with van der Waals surface area (Å²) in [6, 6.07) is 15.6. The molecule has 1 aromatic heterocycles. The number of nitrogens with one attached hydrogen (secondary N) is 2. The molecule has 0 spiro atoms. The maximum absolute atomic E-state index is 12.7. The Morgan fingerprint density at radius 3 is 2.31 bits per heavy atom. The van der Waals surface area contributed by atoms with Crippen LogP contribution in [0.4, 0.5) is 16.4 Å². The minimum absolute atomic E-state index is 0.0341. The molecular weight excluding hydrogens is 400 g/mol. The Kier molecular flexibility index (Phi) is 5.78. The summed E-state index contributed by atoms with van der Waals surface area (Å²) < 4.78 is 0. The van der Waals surface area contributed by atoms with Gasteiger partial charge in [-0.1, -0.05) is 62.7 Å². The van der Waals surface area contributed by atoms with Gasteiger partial charge in [-0.05, 0) is 47.9 Å². The third-order valence-electron chi connectivity index (χ3n) is 5.82. The smallest absolute Gasteiger partial charge is 0.308 e. The maximum Gasteiger partial charge on any atom is 0.326 e. The molecule has 0 aliphatic heterocycles. The van der Waals surface area contributed by atoms with Gasteiger partial charge in [0.1, 0.15) is 0 Å². The summed E-state index contributed by atoms with van der Waals surface area (Å²) in [6.07, 6.45) is 2.59. The zero-order chi connectivity index (χ0) is 22.9. The Morgan fingerprint density at radius 1 is 0.969 bits per heavy atom. The second-order valence-corrected chi connectivity index (χ2v) is 9.40. The molecule has 1 heterocycles. The number of aromatic nitrogens is 2. The van der Waals surface area contributed by atoms with Crippen molar-refractivity contribution in [2.75, 3.05) is 10.6 Å². The highest BCUT2D eigenvalue weighted by Gasteiger charge is 2.28. The molecule has 1 aliphatic rings. The molecular formula is C26H28N4O2. The molecule has 6 heteroatoms. The van der Waals surface area contributed by atoms with Crippen molar-refractivity contribution in [3.8, 4) is 0 Å². The van der Waals surface area contributed by atoms with E-state index in [0.29, 0.717) is 29.8 Å². The first-order chi connectivity index (χ1) is 15.2. The van der Waals surface area contributed by atoms with E-state index in [1.165, 1.54) is 11.8 Å². The summed E-state index contributed by atoms with van der Waals surface area (Å²) in [5.74, 6) is 0.282. The molecule has 1 atom stereocenters. The predicted molar refractivity (Wildman–Crippen MR) is 126 cm³/mol. The van der Waals surface area contributed by atoms with Crippen LogP contribution in [0.5, 0.6) is 0 Å². The van der Waals surface area contributed by atoms with Gasteiger partial charge in [-0.3, -0.25) is 10.1 Å². The van der Waals surface area contributed by atoms with Crippen LogP contribution in [0.1, 0.15) is 65.9 Å². The monoisotopic (exact) mass is 428 g/mol. The Labute approximate surface area is 188 Å². The number of Topliss-reactive ketones (excluding diaryl/α,β-unsaturated/α-hetero) is 1. The topological polar surface area (TPSA) is 84.0 Å². The lowest BCUT2D eigenvalue weighted by atomic mass is 9.80. The minimum atomic E-state index is -0.426. The molecule has 2 N–H and O–H groups in total. The Morgan fingerprint density at radius 2 is 1.66 bits per heavy atom. The molecule has 1 aliphatic carbocycles. The number of fused-ring (bicyclic) bond motifs is 1. The molecule has 164 valence electrons. The SMILES string of the molecule is Cc1ccc(NC(=O)Nc2ncc3c(n2)C[C@@H](c2ccc(C(C)(C)C)cc2)CC3=O)cc1. The molecule has 0 unspecified atom stereocenters. The van der Waals surface area contributed by atoms with Gasteiger partial charge in [0, 0.05) is 18.3 Å². The Balaban J connectivity index is 1.48. The summed E-state index contributed by atoms with van der Waals surface area (Å²) >= 11 is 0. The molecule has 6 nitrogen and oxygen atoms in total. The lowest BCUT2D eigenvalue weighted by molar-refractivity contribution is 0.0962. The largest absolute Gasteiger partial charge is 0.326 e. The van der Waals surface area contributed by atoms with Crippen molar-refractivity contribution < 1.29 is 9.59 Å². The number of anilines is 2. The molecule has 0 saturated heterocycles. The molecule has 0 radical (unpaired) electrons. The Bertz CT molecular complexity index is 1150. The van der Waals surface area contributed by atoms with E-state index in [1.807, 2.05) is 31.2 Å². The third kappa shape index (κ3) is 4.85. The zero-order valence-corrected chi connectivity index (χ0v) is 18.9. The fourth-order valence-electron chi connectivity index (χ4n) is 3.90. The van der Waals surface area contributed by atoms with Crippen LogP contribution in [0.2, 0.25) is 0 Å². The van der Waals surface area contributed by atoms with Crippen LogP contribution < -0.4 is 10.6 Å². The van der Waals surface area contributed by atoms with Gasteiger partial charge in [0.05, 0.1) is 11.3 Å². The summed E-state index contributed by atoms with van der Waals surface area (Å²) in [4.78, 5) is 33.7. The lowest BCUT2D eigenvalue weighted by Crippen LogP contribution is -2.24. The first kappa shape index (κ1) is 21.7. The van der Waals surface area contributed by atoms with Gasteiger partial charge in [-0.25, -0.2) is 14.8 Å². The number of rotatable bonds is 3. The second-order valence-electron chi connectivity index (χ2n) is 9.40. The number of hydrogen-bond donors (Lipinski definition) is 2. The van der Waals surface area contributed by atoms with Crippen molar-refractivity contribution in [1.82, 2.24) is 9.97 Å². The highest BCUT2D eigenvalue weighted by Crippen LogP contribution is 2.33. The van der Waals surface area contributed by atoms with Gasteiger partial charge in [-0.15, -0.1) is 0 Å². The van der Waals surface area contributed by atoms with Crippen LogP contribution in [-0.2, 0) is 11.8 Å². The van der Waals surface area contributed by atoms with E-state index in [9.17, 15) is 9.59 Å². The summed E-state index contributed by atoms with van der Waals surface area (Å²) in [5.41, 5.74) is 5.48. The number of aryl methyl sites for hydroxylation is 1. The molecule has 32 heavy (non-hydrogen) atoms. The average molecular weight is 429 g/mol. The standard InChI is InChI=1S/C26H28N4O2/c1-16-5-11-20(12-6-16)28-25(32)30-24-27-15-21-22(29-24)13-18(14-23(21)31)17-7-9-19(10-8-17)26(2,3)4/h5-12,15,18H,13-14H2,1-4H3,(H2,27,28,29,30,32)/t18-/m1/s1. The van der Waals surface area contributed by atoms with E-state index in [-0.39, 0.29) is 23.1 Å². The molecule has 0 bridgehead atoms. The van der Waals surface area contributed by atoms with Crippen molar-refractivity contribution in [1.29, 1.82) is 0 Å². The average Bonchev–Trinajstić information content (AvgIpc) is 2.74. The Hall–Kier alpha value is -3.54. The van der Waals surface area contributed by atoms with E-state index in [1.54, 1.807) is 0 Å². The van der Waals surface area contributed by atoms with E-state index >= 15 is 0 Å². The highest BCUT2D eigenvalue weighted by atomic mass is 16.2. The fourth-order valence-corrected chi connectivity index (χ4v) is 3.90. The highest BCUT2D eigenvalue weighted by molar-refractivity contribution is 6.00. The second kappa shape index (κ2) is 8.54. The lowest BCUT2D eigenvalue weighted by Gasteiger charge is -2.25. The molecule has 2 aromatic carbocycles. The van der Waals surface area contributed by atoms with Gasteiger partial charge in [-0.2, -0.15) is 0 Å². The van der Waals surface area contributed by atoms with E-state index in [2.05, 4.69) is 65.6 Å². The quantitative estimate of drug-likeness (QED) is 0.565. The van der Waals surface area contributed by atoms with E-state index in [0.717, 1.165) is 11.1 Å². The van der Waals surface area contributed by atoms with Gasteiger partial charge in [0.15, 0.2) is 5.78 Å². The van der Waals surface area contributed by atoms with Crippen molar-refractivity contribution >= 4 is 23.5 Å². The van der Waals surface area contributed by atoms with Gasteiger partial charge in [0.2, 0.25) is 5.95 Å². The molecule has 0 saturated carbocycles. The predicted octanol–water partition coefficient (Wildman–Crippen LogP) is 5.64. The first-order valence-corrected chi connectivity index (χ1v) is 10.8. The number of carbonyl (C=O) groups is 2. The van der Waals surface area contributed by atoms with Gasteiger partial charge < -0.3 is 5.32 Å². The number of benzene rings is 2. The van der Waals surface area contributed by atoms with Crippen LogP contribution in [0.25, 0.3) is 0 Å². The number of carbonyl (C=O) groups excluding carboxylic acids is 2.